The van der Waals surface area contributed by atoms with Crippen LogP contribution in [0.4, 0.5) is 0 Å². The molecule has 0 saturated heterocycles. The van der Waals surface area contributed by atoms with Crippen molar-refractivity contribution in [3.63, 3.8) is 0 Å². The Hall–Kier alpha value is -3.85. The topological polar surface area (TPSA) is 39.2 Å². The molecule has 0 spiro atoms. The first-order chi connectivity index (χ1) is 15.1. The molecule has 7 rings (SSSR count). The number of nitrogens with zero attached hydrogens (tertiary/aromatic N) is 1. The van der Waals surface area contributed by atoms with Crippen molar-refractivity contribution < 1.29 is 8.83 Å². The van der Waals surface area contributed by atoms with Crippen molar-refractivity contribution in [2.45, 2.75) is 19.3 Å². The van der Waals surface area contributed by atoms with Crippen molar-refractivity contribution in [2.24, 2.45) is 0 Å². The maximum absolute atomic E-state index is 6.42. The van der Waals surface area contributed by atoms with Gasteiger partial charge in [-0.05, 0) is 29.8 Å². The number of hydrogen-bond donors (Lipinski definition) is 0. The Morgan fingerprint density at radius 2 is 1.42 bits per heavy atom. The number of benzene rings is 3. The van der Waals surface area contributed by atoms with Crippen LogP contribution in [0, 0.1) is 0 Å². The Morgan fingerprint density at radius 1 is 0.677 bits per heavy atom. The Morgan fingerprint density at radius 3 is 2.26 bits per heavy atom. The molecule has 3 nitrogen and oxygen atoms in total. The third kappa shape index (κ3) is 2.10. The van der Waals surface area contributed by atoms with Gasteiger partial charge in [0.15, 0.2) is 0 Å². The second-order valence-electron chi connectivity index (χ2n) is 8.80. The van der Waals surface area contributed by atoms with E-state index >= 15 is 0 Å². The summed E-state index contributed by atoms with van der Waals surface area (Å²) in [5.74, 6) is 0.961. The molecule has 0 unspecified atom stereocenters. The summed E-state index contributed by atoms with van der Waals surface area (Å²) < 4.78 is 12.5. The maximum Gasteiger partial charge on any atom is 0.227 e. The lowest BCUT2D eigenvalue weighted by Gasteiger charge is -2.21. The molecule has 0 fully saturated rings. The van der Waals surface area contributed by atoms with Gasteiger partial charge in [0, 0.05) is 38.3 Å². The SMILES string of the molecule is CC1(C)c2cccc(-c3ccc4c(n3)oc3ccccc34)c2-c2oc3ccccc3c21. The van der Waals surface area contributed by atoms with Crippen LogP contribution in [0.2, 0.25) is 0 Å². The summed E-state index contributed by atoms with van der Waals surface area (Å²) in [6.45, 7) is 4.55. The molecular weight excluding hydrogens is 382 g/mol. The van der Waals surface area contributed by atoms with Gasteiger partial charge in [-0.2, -0.15) is 0 Å². The van der Waals surface area contributed by atoms with Crippen LogP contribution >= 0.6 is 0 Å². The second-order valence-corrected chi connectivity index (χ2v) is 8.80. The molecule has 3 aromatic carbocycles. The second kappa shape index (κ2) is 5.64. The van der Waals surface area contributed by atoms with Gasteiger partial charge in [0.05, 0.1) is 5.69 Å². The van der Waals surface area contributed by atoms with Crippen LogP contribution in [-0.4, -0.2) is 4.98 Å². The van der Waals surface area contributed by atoms with Crippen molar-refractivity contribution in [3.8, 4) is 22.6 Å². The number of hydrogen-bond acceptors (Lipinski definition) is 3. The average Bonchev–Trinajstić information content (AvgIpc) is 3.42. The smallest absolute Gasteiger partial charge is 0.227 e. The van der Waals surface area contributed by atoms with Crippen LogP contribution in [-0.2, 0) is 5.41 Å². The largest absolute Gasteiger partial charge is 0.456 e. The van der Waals surface area contributed by atoms with Gasteiger partial charge in [-0.3, -0.25) is 0 Å². The van der Waals surface area contributed by atoms with E-state index < -0.39 is 0 Å². The Bertz CT molecular complexity index is 1670. The van der Waals surface area contributed by atoms with E-state index in [4.69, 9.17) is 13.8 Å². The number of rotatable bonds is 1. The lowest BCUT2D eigenvalue weighted by atomic mass is 9.81. The summed E-state index contributed by atoms with van der Waals surface area (Å²) in [6.07, 6.45) is 0. The fourth-order valence-corrected chi connectivity index (χ4v) is 5.26. The van der Waals surface area contributed by atoms with E-state index in [1.54, 1.807) is 0 Å². The quantitative estimate of drug-likeness (QED) is 0.283. The van der Waals surface area contributed by atoms with Gasteiger partial charge in [-0.25, -0.2) is 4.98 Å². The molecule has 3 aromatic heterocycles. The highest BCUT2D eigenvalue weighted by Gasteiger charge is 2.41. The van der Waals surface area contributed by atoms with Gasteiger partial charge < -0.3 is 8.83 Å². The first kappa shape index (κ1) is 16.9. The monoisotopic (exact) mass is 401 g/mol. The van der Waals surface area contributed by atoms with E-state index in [9.17, 15) is 0 Å². The van der Waals surface area contributed by atoms with Crippen molar-refractivity contribution in [1.29, 1.82) is 0 Å². The molecule has 31 heavy (non-hydrogen) atoms. The van der Waals surface area contributed by atoms with Gasteiger partial charge in [-0.1, -0.05) is 68.4 Å². The Kier molecular flexibility index (Phi) is 3.07. The third-order valence-electron chi connectivity index (χ3n) is 6.71. The van der Waals surface area contributed by atoms with Crippen molar-refractivity contribution in [2.75, 3.05) is 0 Å². The molecule has 0 amide bonds. The minimum Gasteiger partial charge on any atom is -0.456 e. The predicted octanol–water partition coefficient (Wildman–Crippen LogP) is 7.70. The minimum atomic E-state index is -0.142. The number of pyridine rings is 1. The standard InChI is InChI=1S/C28H19NO2/c1-28(2)20-11-7-10-18(24(20)26-25(28)19-9-4-6-13-23(19)30-26)21-15-14-17-16-8-3-5-12-22(16)31-27(17)29-21/h3-15H,1-2H3. The zero-order valence-corrected chi connectivity index (χ0v) is 17.3. The predicted molar refractivity (Wildman–Crippen MR) is 124 cm³/mol. The summed E-state index contributed by atoms with van der Waals surface area (Å²) in [5, 5.41) is 3.32. The molecule has 0 bridgehead atoms. The highest BCUT2D eigenvalue weighted by Crippen LogP contribution is 2.55. The zero-order valence-electron chi connectivity index (χ0n) is 17.3. The zero-order chi connectivity index (χ0) is 20.7. The van der Waals surface area contributed by atoms with Crippen LogP contribution in [0.15, 0.2) is 87.7 Å². The Balaban J connectivity index is 1.53. The summed E-state index contributed by atoms with van der Waals surface area (Å²) in [5.41, 5.74) is 7.96. The van der Waals surface area contributed by atoms with Gasteiger partial charge in [-0.15, -0.1) is 0 Å². The maximum atomic E-state index is 6.42. The van der Waals surface area contributed by atoms with Crippen molar-refractivity contribution in [3.05, 3.63) is 90.0 Å². The molecule has 0 aliphatic heterocycles. The highest BCUT2D eigenvalue weighted by molar-refractivity contribution is 6.04. The van der Waals surface area contributed by atoms with Crippen molar-refractivity contribution in [1.82, 2.24) is 4.98 Å². The molecule has 3 heterocycles. The van der Waals surface area contributed by atoms with Crippen LogP contribution in [0.3, 0.4) is 0 Å². The third-order valence-corrected chi connectivity index (χ3v) is 6.71. The molecule has 148 valence electrons. The van der Waals surface area contributed by atoms with Gasteiger partial charge in [0.1, 0.15) is 16.9 Å². The number of fused-ring (bicyclic) bond motifs is 8. The molecule has 1 aliphatic rings. The van der Waals surface area contributed by atoms with Gasteiger partial charge >= 0.3 is 0 Å². The van der Waals surface area contributed by atoms with Crippen LogP contribution < -0.4 is 0 Å². The molecule has 0 radical (unpaired) electrons. The molecular formula is C28H19NO2. The lowest BCUT2D eigenvalue weighted by molar-refractivity contribution is 0.619. The summed E-state index contributed by atoms with van der Waals surface area (Å²) >= 11 is 0. The summed E-state index contributed by atoms with van der Waals surface area (Å²) in [4.78, 5) is 4.93. The van der Waals surface area contributed by atoms with Gasteiger partial charge in [0.25, 0.3) is 0 Å². The van der Waals surface area contributed by atoms with E-state index in [2.05, 4.69) is 62.4 Å². The van der Waals surface area contributed by atoms with E-state index in [0.29, 0.717) is 5.71 Å². The van der Waals surface area contributed by atoms with E-state index in [1.165, 1.54) is 16.5 Å². The molecule has 0 saturated carbocycles. The molecule has 6 aromatic rings. The molecule has 0 atom stereocenters. The van der Waals surface area contributed by atoms with E-state index in [1.807, 2.05) is 30.3 Å². The summed E-state index contributed by atoms with van der Waals surface area (Å²) in [7, 11) is 0. The highest BCUT2D eigenvalue weighted by atomic mass is 16.3. The first-order valence-electron chi connectivity index (χ1n) is 10.6. The number of furan rings is 2. The molecule has 0 N–H and O–H groups in total. The molecule has 1 aliphatic carbocycles. The van der Waals surface area contributed by atoms with Crippen LogP contribution in [0.1, 0.15) is 25.0 Å². The van der Waals surface area contributed by atoms with E-state index in [0.717, 1.165) is 44.5 Å². The normalized spacial score (nSPS) is 14.4. The first-order valence-corrected chi connectivity index (χ1v) is 10.6. The number of aromatic nitrogens is 1. The number of para-hydroxylation sites is 2. The van der Waals surface area contributed by atoms with Crippen molar-refractivity contribution >= 4 is 33.0 Å². The van der Waals surface area contributed by atoms with E-state index in [-0.39, 0.29) is 5.41 Å². The Labute approximate surface area is 178 Å². The van der Waals surface area contributed by atoms with Gasteiger partial charge in [0.2, 0.25) is 5.71 Å². The fraction of sp³-hybridized carbons (Fsp3) is 0.107. The summed E-state index contributed by atoms with van der Waals surface area (Å²) in [6, 6.07) is 27.1. The molecule has 3 heteroatoms. The van der Waals surface area contributed by atoms with Crippen LogP contribution in [0.25, 0.3) is 55.6 Å². The minimum absolute atomic E-state index is 0.142. The average molecular weight is 401 g/mol. The fourth-order valence-electron chi connectivity index (χ4n) is 5.26. The van der Waals surface area contributed by atoms with Crippen LogP contribution in [0.5, 0.6) is 0 Å². The lowest BCUT2D eigenvalue weighted by Crippen LogP contribution is -2.14.